The van der Waals surface area contributed by atoms with Crippen molar-refractivity contribution in [3.63, 3.8) is 0 Å². The van der Waals surface area contributed by atoms with Gasteiger partial charge in [0.15, 0.2) is 5.69 Å². The molecule has 0 unspecified atom stereocenters. The summed E-state index contributed by atoms with van der Waals surface area (Å²) in [5, 5.41) is 11.2. The first kappa shape index (κ1) is 14.9. The fourth-order valence-electron chi connectivity index (χ4n) is 2.56. The SMILES string of the molecule is Cc1cc(C(=O)Nc2c3c(nn2-c2ccc(F)cc2)CSC3)no1. The Morgan fingerprint density at radius 2 is 2.12 bits per heavy atom. The lowest BCUT2D eigenvalue weighted by Crippen LogP contribution is -2.16. The van der Waals surface area contributed by atoms with Crippen LogP contribution >= 0.6 is 11.8 Å². The van der Waals surface area contributed by atoms with Gasteiger partial charge in [0, 0.05) is 23.1 Å². The average molecular weight is 344 g/mol. The lowest BCUT2D eigenvalue weighted by molar-refractivity contribution is 0.101. The monoisotopic (exact) mass is 344 g/mol. The Balaban J connectivity index is 1.73. The first-order chi connectivity index (χ1) is 11.6. The van der Waals surface area contributed by atoms with Crippen LogP contribution in [0.25, 0.3) is 5.69 Å². The average Bonchev–Trinajstić information content (AvgIpc) is 3.26. The van der Waals surface area contributed by atoms with E-state index < -0.39 is 0 Å². The van der Waals surface area contributed by atoms with Crippen molar-refractivity contribution in [2.45, 2.75) is 18.4 Å². The molecule has 4 rings (SSSR count). The molecule has 0 saturated carbocycles. The van der Waals surface area contributed by atoms with E-state index in [4.69, 9.17) is 4.52 Å². The number of amides is 1. The third-order valence-corrected chi connectivity index (χ3v) is 4.69. The van der Waals surface area contributed by atoms with Crippen LogP contribution < -0.4 is 5.32 Å². The maximum Gasteiger partial charge on any atom is 0.279 e. The molecule has 0 aliphatic carbocycles. The molecule has 0 radical (unpaired) electrons. The molecule has 3 heterocycles. The van der Waals surface area contributed by atoms with Crippen molar-refractivity contribution in [2.24, 2.45) is 0 Å². The lowest BCUT2D eigenvalue weighted by Gasteiger charge is -2.10. The minimum absolute atomic E-state index is 0.207. The zero-order chi connectivity index (χ0) is 16.7. The van der Waals surface area contributed by atoms with E-state index in [0.717, 1.165) is 22.8 Å². The molecule has 0 spiro atoms. The molecule has 24 heavy (non-hydrogen) atoms. The topological polar surface area (TPSA) is 73.0 Å². The van der Waals surface area contributed by atoms with Gasteiger partial charge in [-0.15, -0.1) is 0 Å². The number of fused-ring (bicyclic) bond motifs is 1. The number of rotatable bonds is 3. The standard InChI is InChI=1S/C16H13FN4O2S/c1-9-6-13(20-23-9)16(22)18-15-12-7-24-8-14(12)19-21(15)11-4-2-10(17)3-5-11/h2-6H,7-8H2,1H3,(H,18,22). The predicted octanol–water partition coefficient (Wildman–Crippen LogP) is 3.31. The van der Waals surface area contributed by atoms with Gasteiger partial charge in [0.05, 0.1) is 11.4 Å². The first-order valence-corrected chi connectivity index (χ1v) is 8.46. The molecule has 2 aromatic heterocycles. The van der Waals surface area contributed by atoms with Crippen molar-refractivity contribution >= 4 is 23.5 Å². The van der Waals surface area contributed by atoms with Gasteiger partial charge in [0.2, 0.25) is 0 Å². The molecule has 1 amide bonds. The summed E-state index contributed by atoms with van der Waals surface area (Å²) in [6.45, 7) is 1.72. The second-order valence-electron chi connectivity index (χ2n) is 5.43. The molecule has 6 nitrogen and oxygen atoms in total. The molecule has 3 aromatic rings. The molecule has 0 bridgehead atoms. The zero-order valence-electron chi connectivity index (χ0n) is 12.7. The van der Waals surface area contributed by atoms with Crippen LogP contribution in [0.5, 0.6) is 0 Å². The molecular formula is C16H13FN4O2S. The van der Waals surface area contributed by atoms with E-state index in [1.165, 1.54) is 12.1 Å². The Morgan fingerprint density at radius 1 is 1.33 bits per heavy atom. The van der Waals surface area contributed by atoms with Crippen LogP contribution in [0.15, 0.2) is 34.9 Å². The molecule has 8 heteroatoms. The van der Waals surface area contributed by atoms with E-state index in [1.807, 2.05) is 0 Å². The molecule has 1 aliphatic heterocycles. The highest BCUT2D eigenvalue weighted by molar-refractivity contribution is 7.98. The maximum absolute atomic E-state index is 13.2. The van der Waals surface area contributed by atoms with E-state index >= 15 is 0 Å². The number of aryl methyl sites for hydroxylation is 1. The minimum Gasteiger partial charge on any atom is -0.361 e. The Kier molecular flexibility index (Phi) is 3.61. The zero-order valence-corrected chi connectivity index (χ0v) is 13.6. The van der Waals surface area contributed by atoms with Gasteiger partial charge >= 0.3 is 0 Å². The van der Waals surface area contributed by atoms with Crippen LogP contribution in [-0.2, 0) is 11.5 Å². The van der Waals surface area contributed by atoms with E-state index in [9.17, 15) is 9.18 Å². The van der Waals surface area contributed by atoms with Crippen LogP contribution in [0.4, 0.5) is 10.2 Å². The Hall–Kier alpha value is -2.61. The second-order valence-corrected chi connectivity index (χ2v) is 6.42. The summed E-state index contributed by atoms with van der Waals surface area (Å²) >= 11 is 1.74. The fourth-order valence-corrected chi connectivity index (χ4v) is 3.59. The van der Waals surface area contributed by atoms with Crippen LogP contribution in [0.1, 0.15) is 27.5 Å². The van der Waals surface area contributed by atoms with Crippen molar-refractivity contribution in [1.82, 2.24) is 14.9 Å². The van der Waals surface area contributed by atoms with Gasteiger partial charge < -0.3 is 9.84 Å². The number of aromatic nitrogens is 3. The highest BCUT2D eigenvalue weighted by Crippen LogP contribution is 2.36. The Bertz CT molecular complexity index is 917. The summed E-state index contributed by atoms with van der Waals surface area (Å²) in [6, 6.07) is 7.55. The smallest absolute Gasteiger partial charge is 0.279 e. The Morgan fingerprint density at radius 3 is 2.83 bits per heavy atom. The molecule has 122 valence electrons. The number of nitrogens with one attached hydrogen (secondary N) is 1. The summed E-state index contributed by atoms with van der Waals surface area (Å²) < 4.78 is 19.8. The van der Waals surface area contributed by atoms with Gasteiger partial charge in [0.1, 0.15) is 17.4 Å². The van der Waals surface area contributed by atoms with E-state index in [-0.39, 0.29) is 17.4 Å². The third-order valence-electron chi connectivity index (χ3n) is 3.72. The second kappa shape index (κ2) is 5.79. The summed E-state index contributed by atoms with van der Waals surface area (Å²) in [4.78, 5) is 12.4. The van der Waals surface area contributed by atoms with Crippen LogP contribution in [-0.4, -0.2) is 20.8 Å². The van der Waals surface area contributed by atoms with Crippen molar-refractivity contribution in [2.75, 3.05) is 5.32 Å². The van der Waals surface area contributed by atoms with Gasteiger partial charge in [-0.2, -0.15) is 16.9 Å². The molecule has 1 aromatic carbocycles. The number of anilines is 1. The molecule has 1 aliphatic rings. The van der Waals surface area contributed by atoms with Gasteiger partial charge in [0.25, 0.3) is 5.91 Å². The van der Waals surface area contributed by atoms with Gasteiger partial charge in [-0.3, -0.25) is 4.79 Å². The van der Waals surface area contributed by atoms with Gasteiger partial charge in [-0.25, -0.2) is 9.07 Å². The van der Waals surface area contributed by atoms with E-state index in [1.54, 1.807) is 41.6 Å². The highest BCUT2D eigenvalue weighted by atomic mass is 32.2. The molecule has 0 saturated heterocycles. The number of nitrogens with zero attached hydrogens (tertiary/aromatic N) is 3. The van der Waals surface area contributed by atoms with Gasteiger partial charge in [-0.05, 0) is 31.2 Å². The molecule has 0 fully saturated rings. The first-order valence-electron chi connectivity index (χ1n) is 7.31. The Labute approximate surface area is 141 Å². The lowest BCUT2D eigenvalue weighted by atomic mass is 10.2. The largest absolute Gasteiger partial charge is 0.361 e. The number of carbonyl (C=O) groups is 1. The number of hydrogen-bond acceptors (Lipinski definition) is 5. The number of thioether (sulfide) groups is 1. The summed E-state index contributed by atoms with van der Waals surface area (Å²) in [7, 11) is 0. The molecular weight excluding hydrogens is 331 g/mol. The number of carbonyl (C=O) groups excluding carboxylic acids is 1. The third kappa shape index (κ3) is 2.58. The summed E-state index contributed by atoms with van der Waals surface area (Å²) in [5.41, 5.74) is 2.80. The number of benzene rings is 1. The van der Waals surface area contributed by atoms with Crippen molar-refractivity contribution in [1.29, 1.82) is 0 Å². The number of halogens is 1. The number of hydrogen-bond donors (Lipinski definition) is 1. The minimum atomic E-state index is -0.366. The summed E-state index contributed by atoms with van der Waals surface area (Å²) in [6.07, 6.45) is 0. The highest BCUT2D eigenvalue weighted by Gasteiger charge is 2.25. The van der Waals surface area contributed by atoms with Gasteiger partial charge in [-0.1, -0.05) is 5.16 Å². The fraction of sp³-hybridized carbons (Fsp3) is 0.188. The van der Waals surface area contributed by atoms with E-state index in [2.05, 4.69) is 15.6 Å². The predicted molar refractivity (Wildman–Crippen MR) is 87.7 cm³/mol. The normalized spacial score (nSPS) is 13.1. The molecule has 0 atom stereocenters. The van der Waals surface area contributed by atoms with Crippen LogP contribution in [0.2, 0.25) is 0 Å². The van der Waals surface area contributed by atoms with Crippen LogP contribution in [0.3, 0.4) is 0 Å². The quantitative estimate of drug-likeness (QED) is 0.789. The van der Waals surface area contributed by atoms with Crippen molar-refractivity contribution in [3.05, 3.63) is 58.9 Å². The van der Waals surface area contributed by atoms with E-state index in [0.29, 0.717) is 17.3 Å². The molecule has 1 N–H and O–H groups in total. The maximum atomic E-state index is 13.2. The summed E-state index contributed by atoms with van der Waals surface area (Å²) in [5.74, 6) is 2.02. The van der Waals surface area contributed by atoms with Crippen molar-refractivity contribution < 1.29 is 13.7 Å². The van der Waals surface area contributed by atoms with Crippen molar-refractivity contribution in [3.8, 4) is 5.69 Å². The van der Waals surface area contributed by atoms with Crippen LogP contribution in [0, 0.1) is 12.7 Å².